The number of carboxylic acids is 1. The SMILES string of the molecule is CCc1ccc([C@@H](Oc2ccc(C(=O)O)nc2)[C@H](C)NC(=O)C(F)(F)F)cc1. The van der Waals surface area contributed by atoms with Gasteiger partial charge in [-0.3, -0.25) is 4.79 Å². The Morgan fingerprint density at radius 1 is 1.18 bits per heavy atom. The summed E-state index contributed by atoms with van der Waals surface area (Å²) in [5.41, 5.74) is 1.38. The third-order valence-electron chi connectivity index (χ3n) is 4.01. The number of nitrogens with zero attached hydrogens (tertiary/aromatic N) is 1. The molecule has 2 rings (SSSR count). The van der Waals surface area contributed by atoms with Crippen molar-refractivity contribution < 1.29 is 32.6 Å². The summed E-state index contributed by atoms with van der Waals surface area (Å²) in [5.74, 6) is -3.13. The lowest BCUT2D eigenvalue weighted by atomic mass is 10.0. The number of carboxylic acid groups (broad SMARTS) is 1. The van der Waals surface area contributed by atoms with Crippen LogP contribution in [-0.4, -0.2) is 34.2 Å². The number of ether oxygens (including phenoxy) is 1. The Morgan fingerprint density at radius 2 is 1.82 bits per heavy atom. The molecule has 150 valence electrons. The number of nitrogens with one attached hydrogen (secondary N) is 1. The van der Waals surface area contributed by atoms with Crippen LogP contribution in [0.25, 0.3) is 0 Å². The molecule has 1 amide bonds. The fraction of sp³-hybridized carbons (Fsp3) is 0.316. The van der Waals surface area contributed by atoms with Gasteiger partial charge in [-0.25, -0.2) is 9.78 Å². The van der Waals surface area contributed by atoms with E-state index in [2.05, 4.69) is 4.98 Å². The number of pyridine rings is 1. The van der Waals surface area contributed by atoms with E-state index >= 15 is 0 Å². The van der Waals surface area contributed by atoms with Gasteiger partial charge in [-0.2, -0.15) is 13.2 Å². The molecule has 0 saturated carbocycles. The van der Waals surface area contributed by atoms with E-state index in [1.54, 1.807) is 12.1 Å². The molecule has 2 atom stereocenters. The van der Waals surface area contributed by atoms with E-state index in [1.165, 1.54) is 19.1 Å². The highest BCUT2D eigenvalue weighted by Crippen LogP contribution is 2.26. The first-order valence-corrected chi connectivity index (χ1v) is 8.44. The first-order chi connectivity index (χ1) is 13.1. The number of aromatic carboxylic acids is 1. The number of carbonyl (C=O) groups is 2. The number of alkyl halides is 3. The van der Waals surface area contributed by atoms with Crippen molar-refractivity contribution in [1.29, 1.82) is 0 Å². The molecule has 0 radical (unpaired) electrons. The fourth-order valence-corrected chi connectivity index (χ4v) is 2.49. The average Bonchev–Trinajstić information content (AvgIpc) is 2.65. The Morgan fingerprint density at radius 3 is 2.29 bits per heavy atom. The van der Waals surface area contributed by atoms with E-state index in [9.17, 15) is 22.8 Å². The summed E-state index contributed by atoms with van der Waals surface area (Å²) in [5, 5.41) is 10.8. The quantitative estimate of drug-likeness (QED) is 0.748. The molecule has 1 aromatic carbocycles. The van der Waals surface area contributed by atoms with Crippen LogP contribution in [0.3, 0.4) is 0 Å². The summed E-state index contributed by atoms with van der Waals surface area (Å²) in [4.78, 5) is 25.9. The van der Waals surface area contributed by atoms with Gasteiger partial charge < -0.3 is 15.2 Å². The molecule has 28 heavy (non-hydrogen) atoms. The summed E-state index contributed by atoms with van der Waals surface area (Å²) in [7, 11) is 0. The van der Waals surface area contributed by atoms with E-state index in [-0.39, 0.29) is 11.4 Å². The maximum atomic E-state index is 12.6. The predicted octanol–water partition coefficient (Wildman–Crippen LogP) is 3.53. The van der Waals surface area contributed by atoms with Crippen LogP contribution in [0.5, 0.6) is 5.75 Å². The lowest BCUT2D eigenvalue weighted by Gasteiger charge is -2.27. The molecule has 0 bridgehead atoms. The highest BCUT2D eigenvalue weighted by atomic mass is 19.4. The van der Waals surface area contributed by atoms with E-state index in [0.29, 0.717) is 5.56 Å². The molecule has 9 heteroatoms. The van der Waals surface area contributed by atoms with Crippen LogP contribution >= 0.6 is 0 Å². The summed E-state index contributed by atoms with van der Waals surface area (Å²) in [6.45, 7) is 3.35. The highest BCUT2D eigenvalue weighted by Gasteiger charge is 2.40. The smallest absolute Gasteiger partial charge is 0.471 e. The lowest BCUT2D eigenvalue weighted by Crippen LogP contribution is -2.45. The molecule has 0 aliphatic carbocycles. The summed E-state index contributed by atoms with van der Waals surface area (Å²) in [6.07, 6.45) is -4.02. The van der Waals surface area contributed by atoms with E-state index < -0.39 is 30.2 Å². The molecule has 0 saturated heterocycles. The van der Waals surface area contributed by atoms with Crippen LogP contribution in [0.15, 0.2) is 42.6 Å². The van der Waals surface area contributed by atoms with Crippen LogP contribution in [0.4, 0.5) is 13.2 Å². The van der Waals surface area contributed by atoms with Crippen LogP contribution < -0.4 is 10.1 Å². The van der Waals surface area contributed by atoms with Gasteiger partial charge in [-0.05, 0) is 36.6 Å². The second-order valence-electron chi connectivity index (χ2n) is 6.08. The fourth-order valence-electron chi connectivity index (χ4n) is 2.49. The molecule has 6 nitrogen and oxygen atoms in total. The monoisotopic (exact) mass is 396 g/mol. The Bertz CT molecular complexity index is 821. The lowest BCUT2D eigenvalue weighted by molar-refractivity contribution is -0.174. The van der Waals surface area contributed by atoms with Crippen molar-refractivity contribution in [3.05, 3.63) is 59.4 Å². The highest BCUT2D eigenvalue weighted by molar-refractivity contribution is 5.85. The molecule has 0 aliphatic rings. The van der Waals surface area contributed by atoms with Crippen molar-refractivity contribution in [2.24, 2.45) is 0 Å². The van der Waals surface area contributed by atoms with Crippen molar-refractivity contribution in [3.8, 4) is 5.75 Å². The molecule has 0 unspecified atom stereocenters. The van der Waals surface area contributed by atoms with Gasteiger partial charge in [-0.15, -0.1) is 0 Å². The van der Waals surface area contributed by atoms with Gasteiger partial charge in [0.25, 0.3) is 0 Å². The normalized spacial score (nSPS) is 13.5. The maximum Gasteiger partial charge on any atom is 0.471 e. The van der Waals surface area contributed by atoms with Gasteiger partial charge in [0.2, 0.25) is 0 Å². The van der Waals surface area contributed by atoms with E-state index in [4.69, 9.17) is 9.84 Å². The van der Waals surface area contributed by atoms with Gasteiger partial charge in [0.1, 0.15) is 17.5 Å². The average molecular weight is 396 g/mol. The second-order valence-corrected chi connectivity index (χ2v) is 6.08. The number of carbonyl (C=O) groups excluding carboxylic acids is 1. The minimum absolute atomic E-state index is 0.155. The predicted molar refractivity (Wildman–Crippen MR) is 94.0 cm³/mol. The number of hydrogen-bond donors (Lipinski definition) is 2. The van der Waals surface area contributed by atoms with Crippen molar-refractivity contribution in [1.82, 2.24) is 10.3 Å². The van der Waals surface area contributed by atoms with Crippen molar-refractivity contribution in [2.75, 3.05) is 0 Å². The molecular weight excluding hydrogens is 377 g/mol. The number of benzene rings is 1. The van der Waals surface area contributed by atoms with Gasteiger partial charge in [0.15, 0.2) is 0 Å². The van der Waals surface area contributed by atoms with Crippen LogP contribution in [-0.2, 0) is 11.2 Å². The van der Waals surface area contributed by atoms with Gasteiger partial charge >= 0.3 is 18.1 Å². The third-order valence-corrected chi connectivity index (χ3v) is 4.01. The number of amides is 1. The van der Waals surface area contributed by atoms with E-state index in [1.807, 2.05) is 24.4 Å². The van der Waals surface area contributed by atoms with Crippen molar-refractivity contribution in [2.45, 2.75) is 38.6 Å². The number of rotatable bonds is 7. The molecule has 1 heterocycles. The molecular formula is C19H19F3N2O4. The first-order valence-electron chi connectivity index (χ1n) is 8.44. The molecule has 0 aliphatic heterocycles. The minimum Gasteiger partial charge on any atom is -0.482 e. The van der Waals surface area contributed by atoms with Gasteiger partial charge in [0.05, 0.1) is 12.2 Å². The zero-order chi connectivity index (χ0) is 20.9. The van der Waals surface area contributed by atoms with Crippen LogP contribution in [0.2, 0.25) is 0 Å². The standard InChI is InChI=1S/C19H19F3N2O4/c1-3-12-4-6-13(7-5-12)16(11(2)24-18(27)19(20,21)22)28-14-8-9-15(17(25)26)23-10-14/h4-11,16H,3H2,1-2H3,(H,24,27)(H,25,26)/t11-,16-/m0/s1. The Hall–Kier alpha value is -3.10. The Labute approximate surface area is 159 Å². The summed E-state index contributed by atoms with van der Waals surface area (Å²) in [6, 6.07) is 8.58. The number of aromatic nitrogens is 1. The van der Waals surface area contributed by atoms with Crippen LogP contribution in [0, 0.1) is 0 Å². The van der Waals surface area contributed by atoms with Gasteiger partial charge in [0, 0.05) is 0 Å². The summed E-state index contributed by atoms with van der Waals surface area (Å²) >= 11 is 0. The largest absolute Gasteiger partial charge is 0.482 e. The number of aryl methyl sites for hydroxylation is 1. The zero-order valence-electron chi connectivity index (χ0n) is 15.2. The Kier molecular flexibility index (Phi) is 6.61. The minimum atomic E-state index is -5.02. The third kappa shape index (κ3) is 5.45. The first kappa shape index (κ1) is 21.2. The molecule has 1 aromatic heterocycles. The van der Waals surface area contributed by atoms with Crippen molar-refractivity contribution >= 4 is 11.9 Å². The van der Waals surface area contributed by atoms with Crippen molar-refractivity contribution in [3.63, 3.8) is 0 Å². The maximum absolute atomic E-state index is 12.6. The van der Waals surface area contributed by atoms with E-state index in [0.717, 1.165) is 18.2 Å². The summed E-state index contributed by atoms with van der Waals surface area (Å²) < 4.78 is 43.6. The molecule has 2 aromatic rings. The zero-order valence-corrected chi connectivity index (χ0v) is 15.2. The van der Waals surface area contributed by atoms with Gasteiger partial charge in [-0.1, -0.05) is 31.2 Å². The topological polar surface area (TPSA) is 88.5 Å². The van der Waals surface area contributed by atoms with Crippen LogP contribution in [0.1, 0.15) is 41.6 Å². The Balaban J connectivity index is 2.29. The number of hydrogen-bond acceptors (Lipinski definition) is 4. The molecule has 0 fully saturated rings. The number of halogens is 3. The molecule has 2 N–H and O–H groups in total. The molecule has 0 spiro atoms. The second kappa shape index (κ2) is 8.73.